The summed E-state index contributed by atoms with van der Waals surface area (Å²) in [5, 5.41) is 3.14. The van der Waals surface area contributed by atoms with E-state index in [1.165, 1.54) is 38.5 Å². The monoisotopic (exact) mass is 329 g/mol. The first-order valence-corrected chi connectivity index (χ1v) is 9.18. The highest BCUT2D eigenvalue weighted by atomic mass is 16.5. The highest BCUT2D eigenvalue weighted by Crippen LogP contribution is 2.59. The van der Waals surface area contributed by atoms with E-state index in [1.54, 1.807) is 7.11 Å². The van der Waals surface area contributed by atoms with Crippen LogP contribution in [0.4, 0.5) is 0 Å². The number of amides is 1. The smallest absolute Gasteiger partial charge is 0.257 e. The van der Waals surface area contributed by atoms with Gasteiger partial charge in [0.25, 0.3) is 5.91 Å². The van der Waals surface area contributed by atoms with Gasteiger partial charge in [-0.2, -0.15) is 0 Å². The Morgan fingerprint density at radius 2 is 1.67 bits per heavy atom. The fourth-order valence-corrected chi connectivity index (χ4v) is 5.72. The highest BCUT2D eigenvalue weighted by Gasteiger charge is 2.50. The molecule has 0 saturated heterocycles. The van der Waals surface area contributed by atoms with Gasteiger partial charge in [-0.15, -0.1) is 0 Å². The molecule has 0 aliphatic heterocycles. The zero-order valence-corrected chi connectivity index (χ0v) is 14.4. The molecule has 0 spiro atoms. The van der Waals surface area contributed by atoms with Gasteiger partial charge in [-0.1, -0.05) is 12.1 Å². The molecule has 4 nitrogen and oxygen atoms in total. The van der Waals surface area contributed by atoms with Crippen LogP contribution in [0.25, 0.3) is 0 Å². The zero-order chi connectivity index (χ0) is 16.6. The number of nitrogens with one attached hydrogen (secondary N) is 1. The summed E-state index contributed by atoms with van der Waals surface area (Å²) in [5.74, 6) is 3.99. The predicted octanol–water partition coefficient (Wildman–Crippen LogP) is 3.41. The molecule has 4 bridgehead atoms. The zero-order valence-electron chi connectivity index (χ0n) is 14.4. The fraction of sp³-hybridized carbons (Fsp3) is 0.650. The number of rotatable bonds is 6. The maximum atomic E-state index is 12.2. The maximum Gasteiger partial charge on any atom is 0.257 e. The molecular formula is C20H27NO3. The van der Waals surface area contributed by atoms with Gasteiger partial charge in [0.15, 0.2) is 18.1 Å². The Labute approximate surface area is 143 Å². The minimum absolute atomic E-state index is 0.0309. The van der Waals surface area contributed by atoms with Gasteiger partial charge in [-0.3, -0.25) is 4.79 Å². The van der Waals surface area contributed by atoms with Crippen molar-refractivity contribution < 1.29 is 14.3 Å². The molecule has 1 N–H and O–H groups in total. The van der Waals surface area contributed by atoms with Crippen LogP contribution < -0.4 is 14.8 Å². The molecule has 4 saturated carbocycles. The lowest BCUT2D eigenvalue weighted by Crippen LogP contribution is -2.51. The third-order valence-electron chi connectivity index (χ3n) is 6.25. The molecule has 0 radical (unpaired) electrons. The summed E-state index contributed by atoms with van der Waals surface area (Å²) in [6.07, 6.45) is 8.24. The third-order valence-corrected chi connectivity index (χ3v) is 6.25. The summed E-state index contributed by atoms with van der Waals surface area (Å²) < 4.78 is 10.9. The Balaban J connectivity index is 1.29. The molecule has 130 valence electrons. The van der Waals surface area contributed by atoms with Gasteiger partial charge < -0.3 is 14.8 Å². The number of para-hydroxylation sites is 2. The van der Waals surface area contributed by atoms with Crippen LogP contribution >= 0.6 is 0 Å². The third kappa shape index (κ3) is 3.11. The van der Waals surface area contributed by atoms with Gasteiger partial charge in [0.1, 0.15) is 0 Å². The first-order chi connectivity index (χ1) is 11.7. The van der Waals surface area contributed by atoms with E-state index in [4.69, 9.17) is 9.47 Å². The number of hydrogen-bond donors (Lipinski definition) is 1. The molecule has 0 heterocycles. The molecule has 4 aliphatic rings. The molecule has 4 fully saturated rings. The van der Waals surface area contributed by atoms with Crippen LogP contribution in [0.15, 0.2) is 24.3 Å². The van der Waals surface area contributed by atoms with E-state index >= 15 is 0 Å². The van der Waals surface area contributed by atoms with Gasteiger partial charge in [0, 0.05) is 6.54 Å². The van der Waals surface area contributed by atoms with E-state index < -0.39 is 0 Å². The fourth-order valence-electron chi connectivity index (χ4n) is 5.72. The second kappa shape index (κ2) is 6.30. The van der Waals surface area contributed by atoms with E-state index in [2.05, 4.69) is 5.32 Å². The van der Waals surface area contributed by atoms with Crippen LogP contribution in [-0.4, -0.2) is 26.2 Å². The lowest BCUT2D eigenvalue weighted by molar-refractivity contribution is -0.125. The molecule has 24 heavy (non-hydrogen) atoms. The normalized spacial score (nSPS) is 33.3. The number of methoxy groups -OCH3 is 1. The van der Waals surface area contributed by atoms with Crippen LogP contribution in [0.5, 0.6) is 11.5 Å². The topological polar surface area (TPSA) is 47.6 Å². The summed E-state index contributed by atoms with van der Waals surface area (Å²) in [6.45, 7) is 0.872. The van der Waals surface area contributed by atoms with Crippen molar-refractivity contribution in [3.63, 3.8) is 0 Å². The second-order valence-corrected chi connectivity index (χ2v) is 8.13. The Hall–Kier alpha value is -1.71. The molecule has 1 amide bonds. The maximum absolute atomic E-state index is 12.2. The van der Waals surface area contributed by atoms with Crippen molar-refractivity contribution in [1.29, 1.82) is 0 Å². The molecule has 1 aromatic carbocycles. The molecule has 4 heteroatoms. The highest BCUT2D eigenvalue weighted by molar-refractivity contribution is 5.77. The standard InChI is InChI=1S/C20H27NO3/c1-23-17-4-2-3-5-18(17)24-12-19(22)21-13-20-9-14-6-15(10-20)8-16(7-14)11-20/h2-5,14-16H,6-13H2,1H3,(H,21,22). The average molecular weight is 329 g/mol. The van der Waals surface area contributed by atoms with Crippen LogP contribution in [0.1, 0.15) is 38.5 Å². The number of hydrogen-bond acceptors (Lipinski definition) is 3. The molecule has 5 rings (SSSR count). The average Bonchev–Trinajstić information content (AvgIpc) is 2.57. The Bertz CT molecular complexity index is 577. The second-order valence-electron chi connectivity index (χ2n) is 8.13. The van der Waals surface area contributed by atoms with Crippen molar-refractivity contribution in [3.05, 3.63) is 24.3 Å². The van der Waals surface area contributed by atoms with Gasteiger partial charge in [0.2, 0.25) is 0 Å². The van der Waals surface area contributed by atoms with Crippen LogP contribution in [0.3, 0.4) is 0 Å². The summed E-state index contributed by atoms with van der Waals surface area (Å²) in [6, 6.07) is 7.43. The van der Waals surface area contributed by atoms with Crippen LogP contribution in [0.2, 0.25) is 0 Å². The molecule has 4 aliphatic carbocycles. The Morgan fingerprint density at radius 1 is 1.08 bits per heavy atom. The molecule has 0 atom stereocenters. The Kier molecular flexibility index (Phi) is 4.15. The SMILES string of the molecule is COc1ccccc1OCC(=O)NCC12CC3CC(CC(C3)C1)C2. The first kappa shape index (κ1) is 15.8. The van der Waals surface area contributed by atoms with Crippen molar-refractivity contribution in [2.45, 2.75) is 38.5 Å². The number of ether oxygens (including phenoxy) is 2. The number of carbonyl (C=O) groups excluding carboxylic acids is 1. The lowest BCUT2D eigenvalue weighted by atomic mass is 9.49. The number of carbonyl (C=O) groups is 1. The van der Waals surface area contributed by atoms with Gasteiger partial charge in [0.05, 0.1) is 7.11 Å². The quantitative estimate of drug-likeness (QED) is 0.870. The van der Waals surface area contributed by atoms with E-state index in [0.717, 1.165) is 24.3 Å². The summed E-state index contributed by atoms with van der Waals surface area (Å²) >= 11 is 0. The van der Waals surface area contributed by atoms with Crippen molar-refractivity contribution in [2.24, 2.45) is 23.2 Å². The van der Waals surface area contributed by atoms with E-state index in [9.17, 15) is 4.79 Å². The number of benzene rings is 1. The van der Waals surface area contributed by atoms with Gasteiger partial charge in [-0.25, -0.2) is 0 Å². The van der Waals surface area contributed by atoms with E-state index in [0.29, 0.717) is 16.9 Å². The molecular weight excluding hydrogens is 302 g/mol. The largest absolute Gasteiger partial charge is 0.493 e. The lowest BCUT2D eigenvalue weighted by Gasteiger charge is -2.56. The predicted molar refractivity (Wildman–Crippen MR) is 92.1 cm³/mol. The molecule has 1 aromatic rings. The van der Waals surface area contributed by atoms with Crippen LogP contribution in [-0.2, 0) is 4.79 Å². The first-order valence-electron chi connectivity index (χ1n) is 9.18. The molecule has 0 aromatic heterocycles. The minimum atomic E-state index is -0.0309. The molecule has 0 unspecified atom stereocenters. The van der Waals surface area contributed by atoms with E-state index in [-0.39, 0.29) is 12.5 Å². The summed E-state index contributed by atoms with van der Waals surface area (Å²) in [5.41, 5.74) is 0.370. The van der Waals surface area contributed by atoms with Crippen LogP contribution in [0, 0.1) is 23.2 Å². The van der Waals surface area contributed by atoms with Crippen molar-refractivity contribution in [3.8, 4) is 11.5 Å². The van der Waals surface area contributed by atoms with Crippen molar-refractivity contribution in [1.82, 2.24) is 5.32 Å². The summed E-state index contributed by atoms with van der Waals surface area (Å²) in [7, 11) is 1.61. The summed E-state index contributed by atoms with van der Waals surface area (Å²) in [4.78, 5) is 12.2. The minimum Gasteiger partial charge on any atom is -0.493 e. The Morgan fingerprint density at radius 3 is 2.25 bits per heavy atom. The van der Waals surface area contributed by atoms with E-state index in [1.807, 2.05) is 24.3 Å². The van der Waals surface area contributed by atoms with Gasteiger partial charge >= 0.3 is 0 Å². The van der Waals surface area contributed by atoms with Crippen molar-refractivity contribution >= 4 is 5.91 Å². The van der Waals surface area contributed by atoms with Crippen molar-refractivity contribution in [2.75, 3.05) is 20.3 Å². The van der Waals surface area contributed by atoms with Gasteiger partial charge in [-0.05, 0) is 73.8 Å².